The zero-order valence-corrected chi connectivity index (χ0v) is 14.0. The number of likely N-dealkylation sites (N-methyl/N-ethyl adjacent to an activating group) is 1. The van der Waals surface area contributed by atoms with Crippen molar-refractivity contribution in [3.63, 3.8) is 0 Å². The molecule has 0 bridgehead atoms. The van der Waals surface area contributed by atoms with Crippen LogP contribution in [-0.2, 0) is 4.79 Å². The van der Waals surface area contributed by atoms with Gasteiger partial charge in [0.15, 0.2) is 0 Å². The molecule has 0 spiro atoms. The van der Waals surface area contributed by atoms with Gasteiger partial charge in [-0.15, -0.1) is 0 Å². The maximum atomic E-state index is 11.8. The second kappa shape index (κ2) is 9.10. The molecule has 1 amide bonds. The van der Waals surface area contributed by atoms with Crippen LogP contribution in [0.25, 0.3) is 0 Å². The Kier molecular flexibility index (Phi) is 7.80. The van der Waals surface area contributed by atoms with Crippen molar-refractivity contribution in [1.29, 1.82) is 0 Å². The highest BCUT2D eigenvalue weighted by Crippen LogP contribution is 2.15. The van der Waals surface area contributed by atoms with Gasteiger partial charge < -0.3 is 15.5 Å². The van der Waals surface area contributed by atoms with Gasteiger partial charge in [-0.3, -0.25) is 4.79 Å². The van der Waals surface area contributed by atoms with Crippen LogP contribution in [0.2, 0.25) is 0 Å². The SMILES string of the molecule is CCC(C)N(C)CCNCC(=O)Nc1cccc(Br)c1. The average Bonchev–Trinajstić information content (AvgIpc) is 2.42. The van der Waals surface area contributed by atoms with E-state index in [2.05, 4.69) is 52.4 Å². The van der Waals surface area contributed by atoms with E-state index >= 15 is 0 Å². The summed E-state index contributed by atoms with van der Waals surface area (Å²) in [6.45, 7) is 6.48. The average molecular weight is 342 g/mol. The Labute approximate surface area is 130 Å². The number of rotatable bonds is 8. The number of hydrogen-bond donors (Lipinski definition) is 2. The Morgan fingerprint density at radius 1 is 1.45 bits per heavy atom. The van der Waals surface area contributed by atoms with Gasteiger partial charge in [-0.25, -0.2) is 0 Å². The number of nitrogens with one attached hydrogen (secondary N) is 2. The maximum absolute atomic E-state index is 11.8. The molecule has 1 aromatic carbocycles. The number of carbonyl (C=O) groups excluding carboxylic acids is 1. The summed E-state index contributed by atoms with van der Waals surface area (Å²) in [5.41, 5.74) is 0.808. The maximum Gasteiger partial charge on any atom is 0.238 e. The molecule has 0 aromatic heterocycles. The molecule has 0 saturated carbocycles. The van der Waals surface area contributed by atoms with Crippen LogP contribution in [0.4, 0.5) is 5.69 Å². The second-order valence-electron chi connectivity index (χ2n) is 4.97. The van der Waals surface area contributed by atoms with Crippen molar-refractivity contribution in [3.05, 3.63) is 28.7 Å². The van der Waals surface area contributed by atoms with Crippen molar-refractivity contribution < 1.29 is 4.79 Å². The fraction of sp³-hybridized carbons (Fsp3) is 0.533. The van der Waals surface area contributed by atoms with Crippen LogP contribution in [0.15, 0.2) is 28.7 Å². The summed E-state index contributed by atoms with van der Waals surface area (Å²) < 4.78 is 0.957. The van der Waals surface area contributed by atoms with E-state index < -0.39 is 0 Å². The van der Waals surface area contributed by atoms with Gasteiger partial charge in [-0.2, -0.15) is 0 Å². The van der Waals surface area contributed by atoms with Crippen LogP contribution >= 0.6 is 15.9 Å². The van der Waals surface area contributed by atoms with Crippen LogP contribution < -0.4 is 10.6 Å². The Balaban J connectivity index is 2.21. The van der Waals surface area contributed by atoms with E-state index in [0.29, 0.717) is 12.6 Å². The molecule has 1 aromatic rings. The van der Waals surface area contributed by atoms with Crippen LogP contribution in [-0.4, -0.2) is 43.5 Å². The minimum Gasteiger partial charge on any atom is -0.325 e. The van der Waals surface area contributed by atoms with Crippen molar-refractivity contribution >= 4 is 27.5 Å². The first-order valence-corrected chi connectivity index (χ1v) is 7.78. The van der Waals surface area contributed by atoms with Crippen molar-refractivity contribution in [2.45, 2.75) is 26.3 Å². The van der Waals surface area contributed by atoms with E-state index in [4.69, 9.17) is 0 Å². The zero-order chi connectivity index (χ0) is 15.0. The van der Waals surface area contributed by atoms with Gasteiger partial charge in [0.2, 0.25) is 5.91 Å². The Morgan fingerprint density at radius 3 is 2.85 bits per heavy atom. The summed E-state index contributed by atoms with van der Waals surface area (Å²) in [5, 5.41) is 6.02. The number of carbonyl (C=O) groups is 1. The molecule has 0 aliphatic rings. The van der Waals surface area contributed by atoms with Crippen molar-refractivity contribution in [3.8, 4) is 0 Å². The monoisotopic (exact) mass is 341 g/mol. The quantitative estimate of drug-likeness (QED) is 0.714. The summed E-state index contributed by atoms with van der Waals surface area (Å²) in [6, 6.07) is 8.16. The lowest BCUT2D eigenvalue weighted by Crippen LogP contribution is -2.37. The molecule has 0 fully saturated rings. The molecule has 0 radical (unpaired) electrons. The molecule has 2 N–H and O–H groups in total. The van der Waals surface area contributed by atoms with E-state index in [9.17, 15) is 4.79 Å². The normalized spacial score (nSPS) is 12.4. The van der Waals surface area contributed by atoms with E-state index in [1.165, 1.54) is 0 Å². The molecule has 1 atom stereocenters. The summed E-state index contributed by atoms with van der Waals surface area (Å²) in [5.74, 6) is -0.0192. The van der Waals surface area contributed by atoms with Crippen molar-refractivity contribution in [2.75, 3.05) is 32.0 Å². The first-order chi connectivity index (χ1) is 9.52. The van der Waals surface area contributed by atoms with Crippen LogP contribution in [0.5, 0.6) is 0 Å². The molecular weight excluding hydrogens is 318 g/mol. The molecule has 20 heavy (non-hydrogen) atoms. The zero-order valence-electron chi connectivity index (χ0n) is 12.4. The van der Waals surface area contributed by atoms with Gasteiger partial charge in [0.05, 0.1) is 6.54 Å². The molecule has 1 unspecified atom stereocenters. The molecule has 0 saturated heterocycles. The van der Waals surface area contributed by atoms with Gasteiger partial charge >= 0.3 is 0 Å². The van der Waals surface area contributed by atoms with E-state index in [1.54, 1.807) is 0 Å². The lowest BCUT2D eigenvalue weighted by Gasteiger charge is -2.23. The fourth-order valence-corrected chi connectivity index (χ4v) is 2.16. The minimum absolute atomic E-state index is 0.0192. The first kappa shape index (κ1) is 17.1. The smallest absolute Gasteiger partial charge is 0.238 e. The predicted octanol–water partition coefficient (Wildman–Crippen LogP) is 2.71. The van der Waals surface area contributed by atoms with E-state index in [-0.39, 0.29) is 5.91 Å². The fourth-order valence-electron chi connectivity index (χ4n) is 1.76. The number of anilines is 1. The highest BCUT2D eigenvalue weighted by molar-refractivity contribution is 9.10. The molecule has 0 heterocycles. The summed E-state index contributed by atoms with van der Waals surface area (Å²) in [6.07, 6.45) is 1.14. The summed E-state index contributed by atoms with van der Waals surface area (Å²) in [4.78, 5) is 14.0. The number of hydrogen-bond acceptors (Lipinski definition) is 3. The second-order valence-corrected chi connectivity index (χ2v) is 5.89. The third-order valence-corrected chi connectivity index (χ3v) is 3.87. The minimum atomic E-state index is -0.0192. The number of amides is 1. The third-order valence-electron chi connectivity index (χ3n) is 3.38. The van der Waals surface area contributed by atoms with Gasteiger partial charge in [-0.05, 0) is 38.6 Å². The van der Waals surface area contributed by atoms with Crippen LogP contribution in [0, 0.1) is 0 Å². The van der Waals surface area contributed by atoms with Gasteiger partial charge in [-0.1, -0.05) is 28.9 Å². The summed E-state index contributed by atoms with van der Waals surface area (Å²) in [7, 11) is 2.11. The van der Waals surface area contributed by atoms with Crippen molar-refractivity contribution in [1.82, 2.24) is 10.2 Å². The summed E-state index contributed by atoms with van der Waals surface area (Å²) >= 11 is 3.38. The lowest BCUT2D eigenvalue weighted by atomic mass is 10.2. The molecule has 4 nitrogen and oxygen atoms in total. The van der Waals surface area contributed by atoms with Gasteiger partial charge in [0.1, 0.15) is 0 Å². The molecular formula is C15H24BrN3O. The lowest BCUT2D eigenvalue weighted by molar-refractivity contribution is -0.115. The number of halogens is 1. The Bertz CT molecular complexity index is 425. The molecule has 112 valence electrons. The van der Waals surface area contributed by atoms with E-state index in [1.807, 2.05) is 24.3 Å². The number of nitrogens with zero attached hydrogens (tertiary/aromatic N) is 1. The highest BCUT2D eigenvalue weighted by atomic mass is 79.9. The van der Waals surface area contributed by atoms with Gasteiger partial charge in [0.25, 0.3) is 0 Å². The highest BCUT2D eigenvalue weighted by Gasteiger charge is 2.06. The Morgan fingerprint density at radius 2 is 2.20 bits per heavy atom. The molecule has 1 rings (SSSR count). The molecule has 0 aliphatic heterocycles. The Hall–Kier alpha value is -0.910. The third kappa shape index (κ3) is 6.50. The predicted molar refractivity (Wildman–Crippen MR) is 88.0 cm³/mol. The first-order valence-electron chi connectivity index (χ1n) is 6.99. The largest absolute Gasteiger partial charge is 0.325 e. The van der Waals surface area contributed by atoms with E-state index in [0.717, 1.165) is 29.7 Å². The standard InChI is InChI=1S/C15H24BrN3O/c1-4-12(2)19(3)9-8-17-11-15(20)18-14-7-5-6-13(16)10-14/h5-7,10,12,17H,4,8-9,11H2,1-3H3,(H,18,20). The van der Waals surface area contributed by atoms with Gasteiger partial charge in [0, 0.05) is 29.3 Å². The number of benzene rings is 1. The van der Waals surface area contributed by atoms with Crippen molar-refractivity contribution in [2.24, 2.45) is 0 Å². The topological polar surface area (TPSA) is 44.4 Å². The molecule has 0 aliphatic carbocycles. The van der Waals surface area contributed by atoms with Crippen LogP contribution in [0.1, 0.15) is 20.3 Å². The molecule has 5 heteroatoms. The van der Waals surface area contributed by atoms with Crippen LogP contribution in [0.3, 0.4) is 0 Å².